The van der Waals surface area contributed by atoms with Crippen LogP contribution in [0.25, 0.3) is 115 Å². The molecule has 10 heterocycles. The van der Waals surface area contributed by atoms with E-state index in [-0.39, 0.29) is 22.4 Å². The molecule has 2 aliphatic heterocycles. The maximum atomic E-state index is 5.96. The summed E-state index contributed by atoms with van der Waals surface area (Å²) in [6.07, 6.45) is 14.9. The predicted molar refractivity (Wildman–Crippen MR) is 410 cm³/mol. The van der Waals surface area contributed by atoms with Crippen LogP contribution in [0.2, 0.25) is 0 Å². The fourth-order valence-electron chi connectivity index (χ4n) is 12.7. The first-order chi connectivity index (χ1) is 46.8. The van der Waals surface area contributed by atoms with Gasteiger partial charge in [0.05, 0.1) is 91.2 Å². The molecule has 17 heteroatoms. The second-order valence-electron chi connectivity index (χ2n) is 26.1. The highest BCUT2D eigenvalue weighted by atomic mass is 79.9. The second-order valence-corrected chi connectivity index (χ2v) is 28.9. The van der Waals surface area contributed by atoms with Crippen LogP contribution < -0.4 is 0 Å². The zero-order chi connectivity index (χ0) is 67.2. The quantitative estimate of drug-likeness (QED) is 0.169. The van der Waals surface area contributed by atoms with Gasteiger partial charge in [-0.3, -0.25) is 19.9 Å². The highest BCUT2D eigenvalue weighted by molar-refractivity contribution is 9.11. The van der Waals surface area contributed by atoms with Gasteiger partial charge in [-0.2, -0.15) is 0 Å². The molecule has 2 aliphatic rings. The van der Waals surface area contributed by atoms with Gasteiger partial charge in [0.1, 0.15) is 0 Å². The topological polar surface area (TPSA) is 119 Å². The number of aromatic amines is 1. The predicted octanol–water partition coefficient (Wildman–Crippen LogP) is 21.5. The molecule has 1 N–H and O–H groups in total. The van der Waals surface area contributed by atoms with Crippen LogP contribution in [0.4, 0.5) is 0 Å². The molecular weight excluding hydrogens is 1400 g/mol. The summed E-state index contributed by atoms with van der Waals surface area (Å²) < 4.78 is 33.7. The molecule has 0 bridgehead atoms. The Kier molecular flexibility index (Phi) is 18.0. The third kappa shape index (κ3) is 12.9. The van der Waals surface area contributed by atoms with Gasteiger partial charge in [-0.1, -0.05) is 146 Å². The van der Waals surface area contributed by atoms with E-state index in [0.717, 1.165) is 41.6 Å². The van der Waals surface area contributed by atoms with Crippen molar-refractivity contribution in [3.63, 3.8) is 0 Å². The maximum Gasteiger partial charge on any atom is 0.488 e. The van der Waals surface area contributed by atoms with Crippen LogP contribution in [-0.4, -0.2) is 75.0 Å². The van der Waals surface area contributed by atoms with Gasteiger partial charge in [0, 0.05) is 110 Å². The molecule has 0 radical (unpaired) electrons. The van der Waals surface area contributed by atoms with E-state index in [2.05, 4.69) is 299 Å². The summed E-state index contributed by atoms with van der Waals surface area (Å²) in [5.41, 5.74) is 13.3. The van der Waals surface area contributed by atoms with Gasteiger partial charge < -0.3 is 37.3 Å². The third-order valence-corrected chi connectivity index (χ3v) is 20.1. The normalized spacial score (nSPS) is 15.1. The Morgan fingerprint density at radius 2 is 0.526 bits per heavy atom. The van der Waals surface area contributed by atoms with E-state index in [1.165, 1.54) is 87.2 Å². The minimum absolute atomic E-state index is 0.360. The second kappa shape index (κ2) is 26.8. The number of benzene rings is 8. The molecule has 0 amide bonds. The van der Waals surface area contributed by atoms with Crippen molar-refractivity contribution in [2.75, 3.05) is 0 Å². The number of nitrogens with one attached hydrogen (secondary N) is 1. The Hall–Kier alpha value is -9.03. The molecule has 2 saturated heterocycles. The van der Waals surface area contributed by atoms with Gasteiger partial charge in [0.15, 0.2) is 0 Å². The number of pyridine rings is 4. The van der Waals surface area contributed by atoms with Gasteiger partial charge in [0.25, 0.3) is 0 Å². The summed E-state index contributed by atoms with van der Waals surface area (Å²) in [5, 5.41) is 10.1. The van der Waals surface area contributed by atoms with E-state index in [4.69, 9.17) is 18.6 Å². The number of hydrogen-bond acceptors (Lipinski definition) is 8. The first-order valence-corrected chi connectivity index (χ1v) is 34.6. The number of halogens is 3. The molecule has 16 aromatic rings. The molecule has 2 fully saturated rings. The monoisotopic (exact) mass is 1460 g/mol. The van der Waals surface area contributed by atoms with Crippen molar-refractivity contribution in [3.8, 4) is 28.2 Å². The summed E-state index contributed by atoms with van der Waals surface area (Å²) in [4.78, 5) is 20.9. The van der Waals surface area contributed by atoms with Crippen molar-refractivity contribution in [2.45, 2.75) is 77.8 Å². The van der Waals surface area contributed by atoms with Crippen LogP contribution in [0.15, 0.2) is 281 Å². The standard InChI is InChI=1S/C34H22N4.C17H11BrN2.C12H24B2O4.C12H9N.C5H3Br2N/c1-5-13-31-27(9-1)28-10-2-6-14-32(28)37(31)25-17-23(19-35-21-25)24-18-26(22-36-20-24)38-33-15-7-3-11-29(33)30-12-4-8-16-34(30)38;18-12-9-13(11-19-10-12)20-16-7-3-1-5-14(16)15-6-2-4-8-17(15)20;1-9(2)10(3,4)16-13(15-9)14-17-11(5,6)12(7,8)18-14;1-3-7-11-9(5-1)10-6-2-4-8-12(10)13-11;6-4-1-5(7)3-8-2-4/h1-22H;1-11H;1-8H3;1-8,13H;1-3H. The number of nitrogens with zero attached hydrogens (tertiary/aromatic N) is 7. The van der Waals surface area contributed by atoms with Crippen molar-refractivity contribution >= 4 is 149 Å². The molecule has 8 aromatic carbocycles. The third-order valence-electron chi connectivity index (χ3n) is 18.8. The highest BCUT2D eigenvalue weighted by Gasteiger charge is 2.63. The van der Waals surface area contributed by atoms with Crippen LogP contribution in [0, 0.1) is 0 Å². The molecule has 12 nitrogen and oxygen atoms in total. The number of rotatable bonds is 5. The summed E-state index contributed by atoms with van der Waals surface area (Å²) in [6, 6.07) is 76.3. The smallest absolute Gasteiger partial charge is 0.405 e. The number of hydrogen-bond donors (Lipinski definition) is 1. The van der Waals surface area contributed by atoms with Crippen LogP contribution in [-0.2, 0) is 18.6 Å². The molecule has 97 heavy (non-hydrogen) atoms. The van der Waals surface area contributed by atoms with Crippen LogP contribution >= 0.6 is 47.8 Å². The van der Waals surface area contributed by atoms with Crippen molar-refractivity contribution in [2.24, 2.45) is 0 Å². The molecule has 0 aliphatic carbocycles. The lowest BCUT2D eigenvalue weighted by Gasteiger charge is -2.32. The van der Waals surface area contributed by atoms with Gasteiger partial charge in [0.2, 0.25) is 0 Å². The zero-order valence-corrected chi connectivity index (χ0v) is 59.7. The Morgan fingerprint density at radius 1 is 0.289 bits per heavy atom. The molecule has 480 valence electrons. The number of para-hydroxylation sites is 8. The lowest BCUT2D eigenvalue weighted by Crippen LogP contribution is -2.41. The minimum Gasteiger partial charge on any atom is -0.405 e. The minimum atomic E-state index is -0.476. The van der Waals surface area contributed by atoms with E-state index in [1.54, 1.807) is 18.6 Å². The Labute approximate surface area is 589 Å². The van der Waals surface area contributed by atoms with Crippen molar-refractivity contribution in [3.05, 3.63) is 281 Å². The van der Waals surface area contributed by atoms with E-state index in [0.29, 0.717) is 0 Å². The summed E-state index contributed by atoms with van der Waals surface area (Å²) in [5.74, 6) is 0. The number of H-pyrrole nitrogens is 1. The van der Waals surface area contributed by atoms with E-state index in [1.807, 2.05) is 92.4 Å². The van der Waals surface area contributed by atoms with E-state index in [9.17, 15) is 0 Å². The molecule has 0 spiro atoms. The van der Waals surface area contributed by atoms with Crippen LogP contribution in [0.5, 0.6) is 0 Å². The molecular formula is C80H69B2Br3N8O4. The summed E-state index contributed by atoms with van der Waals surface area (Å²) >= 11 is 10.0. The molecule has 0 atom stereocenters. The van der Waals surface area contributed by atoms with Gasteiger partial charge in [-0.15, -0.1) is 0 Å². The first kappa shape index (κ1) is 65.3. The molecule has 8 aromatic heterocycles. The molecule has 18 rings (SSSR count). The SMILES string of the molecule is Brc1cncc(-n2c3ccccc3c3ccccc32)c1.Brc1cncc(Br)c1.CC1(C)OB(B2OC(C)(C)C(C)(C)O2)OC1(C)C.c1ccc2c(c1)[nH]c1ccccc12.c1ccc2c(c1)c1ccccc1n2-c1cncc(-c2cncc(-n3c4ccccc4c4ccccc43)c2)c1. The van der Waals surface area contributed by atoms with E-state index >= 15 is 0 Å². The fourth-order valence-corrected chi connectivity index (χ4v) is 14.1. The average Bonchev–Trinajstić information content (AvgIpc) is 1.62. The van der Waals surface area contributed by atoms with Gasteiger partial charge in [-0.25, -0.2) is 0 Å². The van der Waals surface area contributed by atoms with Crippen LogP contribution in [0.3, 0.4) is 0 Å². The van der Waals surface area contributed by atoms with Crippen LogP contribution in [0.1, 0.15) is 55.4 Å². The first-order valence-electron chi connectivity index (χ1n) is 32.2. The summed E-state index contributed by atoms with van der Waals surface area (Å²) in [7, 11) is -0.952. The zero-order valence-electron chi connectivity index (χ0n) is 55.0. The van der Waals surface area contributed by atoms with Crippen molar-refractivity contribution in [1.82, 2.24) is 38.6 Å². The number of aromatic nitrogens is 8. The summed E-state index contributed by atoms with van der Waals surface area (Å²) in [6.45, 7) is 16.2. The van der Waals surface area contributed by atoms with Gasteiger partial charge in [-0.05, 0) is 176 Å². The lowest BCUT2D eigenvalue weighted by molar-refractivity contribution is 0.00578. The molecule has 0 saturated carbocycles. The lowest BCUT2D eigenvalue weighted by atomic mass is 9.49. The van der Waals surface area contributed by atoms with Crippen molar-refractivity contribution in [1.29, 1.82) is 0 Å². The Bertz CT molecular complexity index is 5120. The average molecular weight is 1470 g/mol. The Morgan fingerprint density at radius 3 is 0.804 bits per heavy atom. The number of fused-ring (bicyclic) bond motifs is 12. The maximum absolute atomic E-state index is 5.96. The highest BCUT2D eigenvalue weighted by Crippen LogP contribution is 2.44. The Balaban J connectivity index is 0.000000115. The van der Waals surface area contributed by atoms with Crippen molar-refractivity contribution < 1.29 is 18.6 Å². The molecule has 0 unspecified atom stereocenters. The van der Waals surface area contributed by atoms with Gasteiger partial charge >= 0.3 is 14.0 Å². The van der Waals surface area contributed by atoms with E-state index < -0.39 is 14.0 Å². The largest absolute Gasteiger partial charge is 0.488 e. The fraction of sp³-hybridized carbons (Fsp3) is 0.150.